The van der Waals surface area contributed by atoms with Crippen molar-refractivity contribution in [3.8, 4) is 0 Å². The zero-order valence-corrected chi connectivity index (χ0v) is 13.8. The van der Waals surface area contributed by atoms with E-state index in [0.717, 1.165) is 6.29 Å². The highest BCUT2D eigenvalue weighted by Gasteiger charge is 2.21. The number of carbonyl (C=O) groups excluding carboxylic acids is 3. The second-order valence-electron chi connectivity index (χ2n) is 6.29. The van der Waals surface area contributed by atoms with Crippen LogP contribution in [0.4, 0.5) is 11.4 Å². The Labute approximate surface area is 140 Å². The first kappa shape index (κ1) is 17.4. The predicted octanol–water partition coefficient (Wildman–Crippen LogP) is 4.01. The van der Waals surface area contributed by atoms with E-state index in [1.165, 1.54) is 6.07 Å². The maximum atomic E-state index is 12.4. The summed E-state index contributed by atoms with van der Waals surface area (Å²) in [6.45, 7) is 5.33. The fourth-order valence-corrected chi connectivity index (χ4v) is 2.05. The summed E-state index contributed by atoms with van der Waals surface area (Å²) < 4.78 is 5.40. The maximum Gasteiger partial charge on any atom is 0.340 e. The highest BCUT2D eigenvalue weighted by atomic mass is 16.6. The number of anilines is 2. The molecule has 124 valence electrons. The van der Waals surface area contributed by atoms with E-state index in [-0.39, 0.29) is 5.56 Å². The molecule has 0 aliphatic rings. The number of hydrogen-bond acceptors (Lipinski definition) is 5. The molecule has 0 aromatic heterocycles. The van der Waals surface area contributed by atoms with Crippen LogP contribution in [0.5, 0.6) is 0 Å². The van der Waals surface area contributed by atoms with E-state index in [4.69, 9.17) is 4.74 Å². The Kier molecular flexibility index (Phi) is 5.14. The zero-order chi connectivity index (χ0) is 17.7. The van der Waals surface area contributed by atoms with Crippen molar-refractivity contribution in [1.82, 2.24) is 0 Å². The van der Waals surface area contributed by atoms with Gasteiger partial charge in [-0.3, -0.25) is 9.59 Å². The second-order valence-corrected chi connectivity index (χ2v) is 6.29. The smallest absolute Gasteiger partial charge is 0.340 e. The van der Waals surface area contributed by atoms with Gasteiger partial charge in [0.2, 0.25) is 0 Å². The highest BCUT2D eigenvalue weighted by Crippen LogP contribution is 2.24. The van der Waals surface area contributed by atoms with E-state index in [9.17, 15) is 14.4 Å². The van der Waals surface area contributed by atoms with Gasteiger partial charge in [-0.05, 0) is 63.2 Å². The third-order valence-electron chi connectivity index (χ3n) is 3.12. The van der Waals surface area contributed by atoms with Gasteiger partial charge in [-0.15, -0.1) is 0 Å². The predicted molar refractivity (Wildman–Crippen MR) is 92.1 cm³/mol. The van der Waals surface area contributed by atoms with Crippen LogP contribution in [-0.2, 0) is 4.74 Å². The van der Waals surface area contributed by atoms with E-state index in [1.54, 1.807) is 57.2 Å². The average molecular weight is 325 g/mol. The van der Waals surface area contributed by atoms with Crippen LogP contribution < -0.4 is 5.32 Å². The molecular formula is C19H19NO4. The van der Waals surface area contributed by atoms with Crippen LogP contribution in [0.3, 0.4) is 0 Å². The molecule has 0 fully saturated rings. The monoisotopic (exact) mass is 325 g/mol. The SMILES string of the molecule is CC(C)(C)OC(=O)c1cc(C=O)ccc1Nc1ccc(C=O)cc1. The summed E-state index contributed by atoms with van der Waals surface area (Å²) >= 11 is 0. The molecule has 0 unspecified atom stereocenters. The zero-order valence-electron chi connectivity index (χ0n) is 13.8. The lowest BCUT2D eigenvalue weighted by Crippen LogP contribution is -2.24. The quantitative estimate of drug-likeness (QED) is 0.664. The molecule has 0 radical (unpaired) electrons. The lowest BCUT2D eigenvalue weighted by Gasteiger charge is -2.21. The molecule has 24 heavy (non-hydrogen) atoms. The molecule has 0 aliphatic heterocycles. The Bertz CT molecular complexity index is 758. The summed E-state index contributed by atoms with van der Waals surface area (Å²) in [7, 11) is 0. The largest absolute Gasteiger partial charge is 0.456 e. The minimum Gasteiger partial charge on any atom is -0.456 e. The van der Waals surface area contributed by atoms with Gasteiger partial charge >= 0.3 is 5.97 Å². The van der Waals surface area contributed by atoms with E-state index in [2.05, 4.69) is 5.32 Å². The molecule has 0 heterocycles. The van der Waals surface area contributed by atoms with Crippen LogP contribution in [0.2, 0.25) is 0 Å². The van der Waals surface area contributed by atoms with Gasteiger partial charge in [0, 0.05) is 16.8 Å². The van der Waals surface area contributed by atoms with Gasteiger partial charge in [-0.25, -0.2) is 4.79 Å². The summed E-state index contributed by atoms with van der Waals surface area (Å²) in [5.41, 5.74) is 1.81. The molecule has 0 saturated heterocycles. The Hall–Kier alpha value is -2.95. The molecule has 1 N–H and O–H groups in total. The van der Waals surface area contributed by atoms with E-state index in [1.807, 2.05) is 0 Å². The van der Waals surface area contributed by atoms with Gasteiger partial charge in [0.05, 0.1) is 11.3 Å². The molecule has 5 heteroatoms. The molecule has 2 rings (SSSR count). The summed E-state index contributed by atoms with van der Waals surface area (Å²) in [6.07, 6.45) is 1.44. The fourth-order valence-electron chi connectivity index (χ4n) is 2.05. The summed E-state index contributed by atoms with van der Waals surface area (Å²) in [5.74, 6) is -0.516. The Morgan fingerprint density at radius 3 is 2.08 bits per heavy atom. The lowest BCUT2D eigenvalue weighted by molar-refractivity contribution is 0.00706. The first-order valence-electron chi connectivity index (χ1n) is 7.47. The van der Waals surface area contributed by atoms with Crippen molar-refractivity contribution in [2.45, 2.75) is 26.4 Å². The minimum atomic E-state index is -0.642. The van der Waals surface area contributed by atoms with Gasteiger partial charge in [0.1, 0.15) is 18.2 Å². The Balaban J connectivity index is 2.35. The van der Waals surface area contributed by atoms with E-state index in [0.29, 0.717) is 28.8 Å². The number of carbonyl (C=O) groups is 3. The molecule has 5 nitrogen and oxygen atoms in total. The molecule has 2 aromatic carbocycles. The Morgan fingerprint density at radius 2 is 1.54 bits per heavy atom. The molecule has 0 aliphatic carbocycles. The third-order valence-corrected chi connectivity index (χ3v) is 3.12. The molecule has 0 bridgehead atoms. The third kappa shape index (κ3) is 4.52. The standard InChI is InChI=1S/C19H19NO4/c1-19(2,3)24-18(23)16-10-14(12-22)6-9-17(16)20-15-7-4-13(11-21)5-8-15/h4-12,20H,1-3H3. The van der Waals surface area contributed by atoms with E-state index >= 15 is 0 Å². The van der Waals surface area contributed by atoms with Gasteiger partial charge in [-0.1, -0.05) is 0 Å². The van der Waals surface area contributed by atoms with Crippen molar-refractivity contribution in [3.63, 3.8) is 0 Å². The normalized spacial score (nSPS) is 10.8. The van der Waals surface area contributed by atoms with Crippen LogP contribution in [-0.4, -0.2) is 24.1 Å². The number of ether oxygens (including phenoxy) is 1. The fraction of sp³-hybridized carbons (Fsp3) is 0.211. The van der Waals surface area contributed by atoms with Crippen molar-refractivity contribution < 1.29 is 19.1 Å². The molecule has 0 saturated carbocycles. The van der Waals surface area contributed by atoms with Crippen LogP contribution in [0, 0.1) is 0 Å². The summed E-state index contributed by atoms with van der Waals surface area (Å²) in [4.78, 5) is 34.1. The average Bonchev–Trinajstić information content (AvgIpc) is 2.54. The number of benzene rings is 2. The molecule has 2 aromatic rings. The van der Waals surface area contributed by atoms with Crippen LogP contribution in [0.15, 0.2) is 42.5 Å². The molecule has 0 amide bonds. The number of hydrogen-bond donors (Lipinski definition) is 1. The van der Waals surface area contributed by atoms with Gasteiger partial charge in [0.15, 0.2) is 0 Å². The molecule has 0 atom stereocenters. The van der Waals surface area contributed by atoms with Crippen molar-refractivity contribution in [1.29, 1.82) is 0 Å². The van der Waals surface area contributed by atoms with Crippen LogP contribution in [0.1, 0.15) is 51.8 Å². The number of nitrogens with one attached hydrogen (secondary N) is 1. The van der Waals surface area contributed by atoms with Crippen LogP contribution >= 0.6 is 0 Å². The lowest BCUT2D eigenvalue weighted by atomic mass is 10.1. The maximum absolute atomic E-state index is 12.4. The van der Waals surface area contributed by atoms with Gasteiger partial charge in [0.25, 0.3) is 0 Å². The molecule has 0 spiro atoms. The number of rotatable bonds is 5. The van der Waals surface area contributed by atoms with Crippen molar-refractivity contribution in [2.24, 2.45) is 0 Å². The minimum absolute atomic E-state index is 0.272. The Morgan fingerprint density at radius 1 is 0.958 bits per heavy atom. The topological polar surface area (TPSA) is 72.5 Å². The number of aldehydes is 2. The van der Waals surface area contributed by atoms with Gasteiger partial charge in [-0.2, -0.15) is 0 Å². The summed E-state index contributed by atoms with van der Waals surface area (Å²) in [5, 5.41) is 3.11. The molecular weight excluding hydrogens is 306 g/mol. The van der Waals surface area contributed by atoms with Crippen molar-refractivity contribution >= 4 is 29.9 Å². The van der Waals surface area contributed by atoms with Gasteiger partial charge < -0.3 is 10.1 Å². The van der Waals surface area contributed by atoms with Crippen LogP contribution in [0.25, 0.3) is 0 Å². The number of esters is 1. The van der Waals surface area contributed by atoms with Crippen molar-refractivity contribution in [2.75, 3.05) is 5.32 Å². The summed E-state index contributed by atoms with van der Waals surface area (Å²) in [6, 6.07) is 11.6. The first-order valence-corrected chi connectivity index (χ1v) is 7.47. The highest BCUT2D eigenvalue weighted by molar-refractivity contribution is 5.98. The second kappa shape index (κ2) is 7.08. The first-order chi connectivity index (χ1) is 11.3. The van der Waals surface area contributed by atoms with Crippen molar-refractivity contribution in [3.05, 3.63) is 59.2 Å². The van der Waals surface area contributed by atoms with E-state index < -0.39 is 11.6 Å².